The monoisotopic (exact) mass is 366 g/mol. The summed E-state index contributed by atoms with van der Waals surface area (Å²) in [7, 11) is 0. The average molecular weight is 366 g/mol. The van der Waals surface area contributed by atoms with Crippen LogP contribution in [0.1, 0.15) is 18.4 Å². The summed E-state index contributed by atoms with van der Waals surface area (Å²) in [5.74, 6) is -0.545. The Morgan fingerprint density at radius 1 is 1.04 bits per heavy atom. The molecule has 0 aromatic heterocycles. The quantitative estimate of drug-likeness (QED) is 0.780. The SMILES string of the molecule is O=C(CN1C(=O)S/C(=C/c2cccc3ccccc23)C1=O)N1CCCC1. The Hall–Kier alpha value is -2.60. The zero-order valence-electron chi connectivity index (χ0n) is 14.2. The molecule has 2 fully saturated rings. The molecule has 2 aromatic rings. The molecule has 3 amide bonds. The molecule has 6 heteroatoms. The van der Waals surface area contributed by atoms with Gasteiger partial charge in [-0.05, 0) is 47.0 Å². The van der Waals surface area contributed by atoms with E-state index in [-0.39, 0.29) is 23.6 Å². The van der Waals surface area contributed by atoms with Gasteiger partial charge in [0.05, 0.1) is 4.91 Å². The standard InChI is InChI=1S/C20H18N2O3S/c23-18(21-10-3-4-11-21)13-22-19(24)17(26-20(22)25)12-15-8-5-7-14-6-1-2-9-16(14)15/h1-2,5-9,12H,3-4,10-11,13H2/b17-12+. The van der Waals surface area contributed by atoms with Gasteiger partial charge in [-0.2, -0.15) is 0 Å². The van der Waals surface area contributed by atoms with Gasteiger partial charge < -0.3 is 4.90 Å². The Kier molecular flexibility index (Phi) is 4.51. The summed E-state index contributed by atoms with van der Waals surface area (Å²) in [4.78, 5) is 40.3. The van der Waals surface area contributed by atoms with E-state index >= 15 is 0 Å². The molecule has 4 rings (SSSR count). The zero-order valence-corrected chi connectivity index (χ0v) is 15.0. The molecule has 0 bridgehead atoms. The highest BCUT2D eigenvalue weighted by Crippen LogP contribution is 2.33. The summed E-state index contributed by atoms with van der Waals surface area (Å²) in [5.41, 5.74) is 0.888. The maximum absolute atomic E-state index is 12.7. The van der Waals surface area contributed by atoms with Crippen molar-refractivity contribution in [1.82, 2.24) is 9.80 Å². The molecule has 0 unspecified atom stereocenters. The molecule has 2 aliphatic heterocycles. The number of thioether (sulfide) groups is 1. The molecule has 0 N–H and O–H groups in total. The smallest absolute Gasteiger partial charge is 0.294 e. The normalized spacial score (nSPS) is 19.2. The number of imide groups is 1. The van der Waals surface area contributed by atoms with Gasteiger partial charge in [0.1, 0.15) is 6.54 Å². The van der Waals surface area contributed by atoms with Crippen molar-refractivity contribution in [2.75, 3.05) is 19.6 Å². The number of carbonyl (C=O) groups excluding carboxylic acids is 3. The van der Waals surface area contributed by atoms with Crippen molar-refractivity contribution >= 4 is 45.7 Å². The molecule has 2 aromatic carbocycles. The number of likely N-dealkylation sites (tertiary alicyclic amines) is 1. The molecular weight excluding hydrogens is 348 g/mol. The van der Waals surface area contributed by atoms with Crippen molar-refractivity contribution in [2.45, 2.75) is 12.8 Å². The van der Waals surface area contributed by atoms with Gasteiger partial charge in [-0.25, -0.2) is 0 Å². The molecule has 0 aliphatic carbocycles. The van der Waals surface area contributed by atoms with Crippen molar-refractivity contribution < 1.29 is 14.4 Å². The third-order valence-corrected chi connectivity index (χ3v) is 5.64. The van der Waals surface area contributed by atoms with Crippen molar-refractivity contribution in [3.05, 3.63) is 52.9 Å². The molecule has 2 saturated heterocycles. The van der Waals surface area contributed by atoms with Crippen LogP contribution in [0.5, 0.6) is 0 Å². The molecule has 5 nitrogen and oxygen atoms in total. The minimum Gasteiger partial charge on any atom is -0.341 e. The van der Waals surface area contributed by atoms with E-state index in [0.29, 0.717) is 18.0 Å². The van der Waals surface area contributed by atoms with E-state index in [1.54, 1.807) is 11.0 Å². The predicted octanol–water partition coefficient (Wildman–Crippen LogP) is 3.50. The summed E-state index contributed by atoms with van der Waals surface area (Å²) in [5, 5.41) is 1.72. The molecule has 0 radical (unpaired) electrons. The van der Waals surface area contributed by atoms with Crippen LogP contribution >= 0.6 is 11.8 Å². The number of nitrogens with zero attached hydrogens (tertiary/aromatic N) is 2. The van der Waals surface area contributed by atoms with Gasteiger partial charge in [0.2, 0.25) is 5.91 Å². The molecular formula is C20H18N2O3S. The molecule has 0 spiro atoms. The lowest BCUT2D eigenvalue weighted by atomic mass is 10.0. The van der Waals surface area contributed by atoms with Crippen LogP contribution in [0.15, 0.2) is 47.4 Å². The highest BCUT2D eigenvalue weighted by atomic mass is 32.2. The Morgan fingerprint density at radius 3 is 2.58 bits per heavy atom. The van der Waals surface area contributed by atoms with E-state index in [1.165, 1.54) is 0 Å². The van der Waals surface area contributed by atoms with Crippen LogP contribution in [0.25, 0.3) is 16.8 Å². The van der Waals surface area contributed by atoms with Gasteiger partial charge in [0.15, 0.2) is 0 Å². The second-order valence-corrected chi connectivity index (χ2v) is 7.42. The van der Waals surface area contributed by atoms with Gasteiger partial charge in [0, 0.05) is 13.1 Å². The summed E-state index contributed by atoms with van der Waals surface area (Å²) in [6.45, 7) is 1.25. The Morgan fingerprint density at radius 2 is 1.77 bits per heavy atom. The number of benzene rings is 2. The number of fused-ring (bicyclic) bond motifs is 1. The second kappa shape index (κ2) is 6.96. The summed E-state index contributed by atoms with van der Waals surface area (Å²) >= 11 is 0.898. The predicted molar refractivity (Wildman–Crippen MR) is 102 cm³/mol. The Bertz CT molecular complexity index is 926. The van der Waals surface area contributed by atoms with Gasteiger partial charge in [-0.1, -0.05) is 42.5 Å². The van der Waals surface area contributed by atoms with Crippen LogP contribution in [0.4, 0.5) is 4.79 Å². The van der Waals surface area contributed by atoms with E-state index in [4.69, 9.17) is 0 Å². The van der Waals surface area contributed by atoms with Gasteiger partial charge in [-0.3, -0.25) is 19.3 Å². The molecule has 0 atom stereocenters. The highest BCUT2D eigenvalue weighted by molar-refractivity contribution is 8.18. The fourth-order valence-corrected chi connectivity index (χ4v) is 4.18. The second-order valence-electron chi connectivity index (χ2n) is 6.42. The molecule has 132 valence electrons. The minimum atomic E-state index is -0.388. The topological polar surface area (TPSA) is 57.7 Å². The number of hydrogen-bond donors (Lipinski definition) is 0. The molecule has 0 saturated carbocycles. The van der Waals surface area contributed by atoms with Crippen LogP contribution in [0.2, 0.25) is 0 Å². The highest BCUT2D eigenvalue weighted by Gasteiger charge is 2.37. The first-order valence-corrected chi connectivity index (χ1v) is 9.46. The van der Waals surface area contributed by atoms with Crippen LogP contribution in [-0.4, -0.2) is 46.5 Å². The lowest BCUT2D eigenvalue weighted by molar-refractivity contribution is -0.135. The van der Waals surface area contributed by atoms with Crippen molar-refractivity contribution in [1.29, 1.82) is 0 Å². The van der Waals surface area contributed by atoms with Crippen LogP contribution < -0.4 is 0 Å². The molecule has 26 heavy (non-hydrogen) atoms. The fraction of sp³-hybridized carbons (Fsp3) is 0.250. The number of amides is 3. The maximum Gasteiger partial charge on any atom is 0.294 e. The van der Waals surface area contributed by atoms with Crippen molar-refractivity contribution in [3.63, 3.8) is 0 Å². The van der Waals surface area contributed by atoms with E-state index in [1.807, 2.05) is 42.5 Å². The number of carbonyl (C=O) groups is 3. The Balaban J connectivity index is 1.58. The summed E-state index contributed by atoms with van der Waals surface area (Å²) in [6, 6.07) is 13.8. The molecule has 2 aliphatic rings. The van der Waals surface area contributed by atoms with Crippen LogP contribution in [-0.2, 0) is 9.59 Å². The van der Waals surface area contributed by atoms with Crippen LogP contribution in [0, 0.1) is 0 Å². The first-order valence-electron chi connectivity index (χ1n) is 8.64. The van der Waals surface area contributed by atoms with Gasteiger partial charge in [0.25, 0.3) is 11.1 Å². The Labute approximate surface area is 155 Å². The lowest BCUT2D eigenvalue weighted by Crippen LogP contribution is -2.40. The average Bonchev–Trinajstić information content (AvgIpc) is 3.27. The van der Waals surface area contributed by atoms with E-state index < -0.39 is 0 Å². The maximum atomic E-state index is 12.7. The van der Waals surface area contributed by atoms with Crippen LogP contribution in [0.3, 0.4) is 0 Å². The lowest BCUT2D eigenvalue weighted by Gasteiger charge is -2.18. The number of hydrogen-bond acceptors (Lipinski definition) is 4. The summed E-state index contributed by atoms with van der Waals surface area (Å²) in [6.07, 6.45) is 3.71. The van der Waals surface area contributed by atoms with Gasteiger partial charge in [-0.15, -0.1) is 0 Å². The zero-order chi connectivity index (χ0) is 18.1. The molecule has 2 heterocycles. The first-order chi connectivity index (χ1) is 12.6. The van der Waals surface area contributed by atoms with E-state index in [9.17, 15) is 14.4 Å². The van der Waals surface area contributed by atoms with E-state index in [2.05, 4.69) is 0 Å². The van der Waals surface area contributed by atoms with Crippen molar-refractivity contribution in [2.24, 2.45) is 0 Å². The van der Waals surface area contributed by atoms with Gasteiger partial charge >= 0.3 is 0 Å². The third kappa shape index (κ3) is 3.12. The first kappa shape index (κ1) is 16.8. The summed E-state index contributed by atoms with van der Waals surface area (Å²) < 4.78 is 0. The largest absolute Gasteiger partial charge is 0.341 e. The van der Waals surface area contributed by atoms with E-state index in [0.717, 1.165) is 45.8 Å². The fourth-order valence-electron chi connectivity index (χ4n) is 3.36. The third-order valence-electron chi connectivity index (χ3n) is 4.74. The number of rotatable bonds is 3. The van der Waals surface area contributed by atoms with Crippen molar-refractivity contribution in [3.8, 4) is 0 Å². The minimum absolute atomic E-state index is 0.156.